The van der Waals surface area contributed by atoms with Crippen LogP contribution in [0.2, 0.25) is 0 Å². The van der Waals surface area contributed by atoms with Gasteiger partial charge in [-0.15, -0.1) is 0 Å². The molecule has 1 aliphatic heterocycles. The summed E-state index contributed by atoms with van der Waals surface area (Å²) in [6.07, 6.45) is 1.63. The van der Waals surface area contributed by atoms with Crippen molar-refractivity contribution in [2.45, 2.75) is 45.3 Å². The van der Waals surface area contributed by atoms with Gasteiger partial charge in [0.1, 0.15) is 22.9 Å². The zero-order chi connectivity index (χ0) is 24.8. The summed E-state index contributed by atoms with van der Waals surface area (Å²) in [5.41, 5.74) is 0.978. The maximum absolute atomic E-state index is 13.3. The van der Waals surface area contributed by atoms with Gasteiger partial charge in [-0.1, -0.05) is 26.0 Å². The number of nitrogens with zero attached hydrogens (tertiary/aromatic N) is 2. The number of rotatable bonds is 9. The highest BCUT2D eigenvalue weighted by Gasteiger charge is 2.35. The number of hydrogen-bond acceptors (Lipinski definition) is 5. The van der Waals surface area contributed by atoms with Crippen LogP contribution in [-0.4, -0.2) is 65.7 Å². The molecule has 0 unspecified atom stereocenters. The van der Waals surface area contributed by atoms with Crippen molar-refractivity contribution >= 4 is 27.8 Å². The third-order valence-electron chi connectivity index (χ3n) is 6.21. The number of methoxy groups -OCH3 is 1. The molecule has 1 fully saturated rings. The lowest BCUT2D eigenvalue weighted by Gasteiger charge is -2.46. The fraction of sp³-hybridized carbons (Fsp3) is 0.440. The van der Waals surface area contributed by atoms with Gasteiger partial charge in [-0.25, -0.2) is 9.18 Å². The number of carboxylic acids is 1. The molecule has 0 spiro atoms. The van der Waals surface area contributed by atoms with Crippen molar-refractivity contribution in [1.29, 1.82) is 0 Å². The van der Waals surface area contributed by atoms with Crippen molar-refractivity contribution in [3.63, 3.8) is 0 Å². The lowest BCUT2D eigenvalue weighted by molar-refractivity contribution is -0.140. The van der Waals surface area contributed by atoms with Crippen LogP contribution in [0.25, 0.3) is 0 Å². The van der Waals surface area contributed by atoms with E-state index in [9.17, 15) is 19.1 Å². The number of benzene rings is 2. The van der Waals surface area contributed by atoms with Gasteiger partial charge >= 0.3 is 5.97 Å². The normalized spacial score (nSPS) is 18.6. The number of carbonyl (C=O) groups is 2. The molecule has 9 heteroatoms. The molecule has 3 rings (SSSR count). The van der Waals surface area contributed by atoms with E-state index in [0.29, 0.717) is 29.9 Å². The van der Waals surface area contributed by atoms with E-state index in [1.807, 2.05) is 11.8 Å². The van der Waals surface area contributed by atoms with E-state index in [1.165, 1.54) is 31.4 Å². The molecule has 184 valence electrons. The summed E-state index contributed by atoms with van der Waals surface area (Å²) in [5.74, 6) is -1.11. The summed E-state index contributed by atoms with van der Waals surface area (Å²) in [7, 11) is 1.47. The average Bonchev–Trinajstić information content (AvgIpc) is 2.83. The predicted molar refractivity (Wildman–Crippen MR) is 130 cm³/mol. The minimum absolute atomic E-state index is 0.00209. The average molecular weight is 537 g/mol. The van der Waals surface area contributed by atoms with Gasteiger partial charge in [0.05, 0.1) is 11.6 Å². The lowest BCUT2D eigenvalue weighted by Crippen LogP contribution is -2.59. The smallest absolute Gasteiger partial charge is 0.339 e. The molecule has 1 N–H and O–H groups in total. The van der Waals surface area contributed by atoms with Gasteiger partial charge in [0.25, 0.3) is 5.91 Å². The largest absolute Gasteiger partial charge is 0.495 e. The second-order valence-corrected chi connectivity index (χ2v) is 9.16. The Labute approximate surface area is 207 Å². The summed E-state index contributed by atoms with van der Waals surface area (Å²) in [6, 6.07) is 9.53. The SMILES string of the molecule is CC[C@H]1CN(C(=O)COc2cc(OC)c(Br)cc2C(=O)O)[C@H](CC)CN1Cc1ccc(F)cc1. The van der Waals surface area contributed by atoms with E-state index in [1.54, 1.807) is 12.1 Å². The molecule has 1 saturated heterocycles. The van der Waals surface area contributed by atoms with Crippen molar-refractivity contribution < 1.29 is 28.6 Å². The van der Waals surface area contributed by atoms with Gasteiger partial charge in [0.2, 0.25) is 0 Å². The van der Waals surface area contributed by atoms with E-state index >= 15 is 0 Å². The zero-order valence-corrected chi connectivity index (χ0v) is 21.2. The number of hydrogen-bond donors (Lipinski definition) is 1. The van der Waals surface area contributed by atoms with Gasteiger partial charge in [-0.2, -0.15) is 0 Å². The van der Waals surface area contributed by atoms with Crippen molar-refractivity contribution in [3.05, 3.63) is 57.8 Å². The predicted octanol–water partition coefficient (Wildman–Crippen LogP) is 4.58. The second-order valence-electron chi connectivity index (χ2n) is 8.30. The summed E-state index contributed by atoms with van der Waals surface area (Å²) in [6.45, 7) is 5.79. The van der Waals surface area contributed by atoms with Gasteiger partial charge in [-0.3, -0.25) is 9.69 Å². The first-order chi connectivity index (χ1) is 16.3. The molecule has 0 aliphatic carbocycles. The van der Waals surface area contributed by atoms with Crippen LogP contribution < -0.4 is 9.47 Å². The Morgan fingerprint density at radius 1 is 1.09 bits per heavy atom. The Balaban J connectivity index is 1.71. The molecule has 2 aromatic carbocycles. The molecule has 0 bridgehead atoms. The van der Waals surface area contributed by atoms with Crippen LogP contribution in [0.1, 0.15) is 42.6 Å². The molecule has 34 heavy (non-hydrogen) atoms. The lowest BCUT2D eigenvalue weighted by atomic mass is 10.0. The number of aromatic carboxylic acids is 1. The topological polar surface area (TPSA) is 79.3 Å². The fourth-order valence-corrected chi connectivity index (χ4v) is 4.78. The minimum Gasteiger partial charge on any atom is -0.495 e. The molecule has 0 aromatic heterocycles. The molecule has 0 radical (unpaired) electrons. The highest BCUT2D eigenvalue weighted by Crippen LogP contribution is 2.33. The maximum atomic E-state index is 13.3. The van der Waals surface area contributed by atoms with Crippen LogP contribution in [0.15, 0.2) is 40.9 Å². The van der Waals surface area contributed by atoms with Crippen molar-refractivity contribution in [2.75, 3.05) is 26.8 Å². The minimum atomic E-state index is -1.15. The standard InChI is InChI=1S/C25H30BrFN2O5/c1-4-18-14-29(19(5-2)13-28(18)12-16-6-8-17(27)9-7-16)24(30)15-34-22-11-23(33-3)21(26)10-20(22)25(31)32/h6-11,18-19H,4-5,12-15H2,1-3H3,(H,31,32)/t18-,19+/m0/s1. The number of carbonyl (C=O) groups excluding carboxylic acids is 1. The fourth-order valence-electron chi connectivity index (χ4n) is 4.27. The second kappa shape index (κ2) is 11.7. The molecular formula is C25H30BrFN2O5. The number of amides is 1. The van der Waals surface area contributed by atoms with E-state index < -0.39 is 5.97 Å². The third kappa shape index (κ3) is 6.07. The summed E-state index contributed by atoms with van der Waals surface area (Å²) in [5, 5.41) is 9.52. The quantitative estimate of drug-likeness (QED) is 0.505. The summed E-state index contributed by atoms with van der Waals surface area (Å²) < 4.78 is 24.7. The summed E-state index contributed by atoms with van der Waals surface area (Å²) >= 11 is 3.27. The van der Waals surface area contributed by atoms with Gasteiger partial charge in [0, 0.05) is 37.8 Å². The van der Waals surface area contributed by atoms with Crippen LogP contribution in [0.3, 0.4) is 0 Å². The number of ether oxygens (including phenoxy) is 2. The van der Waals surface area contributed by atoms with E-state index in [0.717, 1.165) is 18.4 Å². The molecule has 0 saturated carbocycles. The Morgan fingerprint density at radius 3 is 2.35 bits per heavy atom. The van der Waals surface area contributed by atoms with Crippen LogP contribution in [0.5, 0.6) is 11.5 Å². The van der Waals surface area contributed by atoms with Crippen molar-refractivity contribution in [3.8, 4) is 11.5 Å². The van der Waals surface area contributed by atoms with Crippen LogP contribution in [0.4, 0.5) is 4.39 Å². The maximum Gasteiger partial charge on any atom is 0.339 e. The molecular weight excluding hydrogens is 507 g/mol. The highest BCUT2D eigenvalue weighted by atomic mass is 79.9. The molecule has 1 aliphatic rings. The number of piperazine rings is 1. The van der Waals surface area contributed by atoms with Crippen LogP contribution in [-0.2, 0) is 11.3 Å². The first-order valence-electron chi connectivity index (χ1n) is 11.3. The highest BCUT2D eigenvalue weighted by molar-refractivity contribution is 9.10. The molecule has 2 aromatic rings. The van der Waals surface area contributed by atoms with Crippen molar-refractivity contribution in [1.82, 2.24) is 9.80 Å². The van der Waals surface area contributed by atoms with E-state index in [-0.39, 0.29) is 41.7 Å². The van der Waals surface area contributed by atoms with Gasteiger partial charge < -0.3 is 19.5 Å². The zero-order valence-electron chi connectivity index (χ0n) is 19.6. The Hall–Kier alpha value is -2.65. The van der Waals surface area contributed by atoms with Gasteiger partial charge in [-0.05, 0) is 52.5 Å². The molecule has 1 amide bonds. The van der Waals surface area contributed by atoms with E-state index in [4.69, 9.17) is 9.47 Å². The van der Waals surface area contributed by atoms with Crippen LogP contribution in [0, 0.1) is 5.82 Å². The Morgan fingerprint density at radius 2 is 1.76 bits per heavy atom. The van der Waals surface area contributed by atoms with Crippen LogP contribution >= 0.6 is 15.9 Å². The van der Waals surface area contributed by atoms with Gasteiger partial charge in [0.15, 0.2) is 6.61 Å². The Kier molecular flexibility index (Phi) is 8.90. The number of halogens is 2. The summed E-state index contributed by atoms with van der Waals surface area (Å²) in [4.78, 5) is 29.0. The number of carboxylic acid groups (broad SMARTS) is 1. The molecule has 1 heterocycles. The first kappa shape index (κ1) is 26.0. The first-order valence-corrected chi connectivity index (χ1v) is 12.1. The third-order valence-corrected chi connectivity index (χ3v) is 6.83. The molecule has 7 nitrogen and oxygen atoms in total. The van der Waals surface area contributed by atoms with E-state index in [2.05, 4.69) is 27.8 Å². The Bertz CT molecular complexity index is 1020. The van der Waals surface area contributed by atoms with Crippen molar-refractivity contribution in [2.24, 2.45) is 0 Å². The molecule has 2 atom stereocenters. The monoisotopic (exact) mass is 536 g/mol.